The zero-order chi connectivity index (χ0) is 18.6. The molecule has 0 bridgehead atoms. The molecule has 0 atom stereocenters. The smallest absolute Gasteiger partial charge is 0.276 e. The highest BCUT2D eigenvalue weighted by molar-refractivity contribution is 8.02. The van der Waals surface area contributed by atoms with Gasteiger partial charge in [-0.15, -0.1) is 10.2 Å². The van der Waals surface area contributed by atoms with E-state index in [2.05, 4.69) is 16.5 Å². The van der Waals surface area contributed by atoms with Gasteiger partial charge in [0, 0.05) is 27.5 Å². The molecule has 0 aliphatic rings. The Balaban J connectivity index is 1.78. The highest BCUT2D eigenvalue weighted by atomic mass is 35.5. The number of halogens is 1. The van der Waals surface area contributed by atoms with E-state index in [-0.39, 0.29) is 0 Å². The molecule has 4 rings (SSSR count). The zero-order valence-corrected chi connectivity index (χ0v) is 16.9. The van der Waals surface area contributed by atoms with Crippen molar-refractivity contribution in [3.05, 3.63) is 59.6 Å². The molecule has 2 aromatic carbocycles. The van der Waals surface area contributed by atoms with Crippen LogP contribution in [0.5, 0.6) is 0 Å². The second kappa shape index (κ2) is 8.33. The molecule has 0 unspecified atom stereocenters. The van der Waals surface area contributed by atoms with Crippen LogP contribution in [0.15, 0.2) is 64.2 Å². The van der Waals surface area contributed by atoms with Gasteiger partial charge < -0.3 is 4.42 Å². The van der Waals surface area contributed by atoms with Crippen molar-refractivity contribution in [1.29, 1.82) is 0 Å². The molecule has 136 valence electrons. The van der Waals surface area contributed by atoms with Crippen LogP contribution in [0.1, 0.15) is 0 Å². The second-order valence-electron chi connectivity index (χ2n) is 5.79. The third-order valence-corrected chi connectivity index (χ3v) is 5.95. The highest BCUT2D eigenvalue weighted by Gasteiger charge is 2.15. The molecule has 4 nitrogen and oxygen atoms in total. The van der Waals surface area contributed by atoms with E-state index in [9.17, 15) is 0 Å². The minimum absolute atomic E-state index is 0.510. The van der Waals surface area contributed by atoms with Crippen LogP contribution < -0.4 is 0 Å². The van der Waals surface area contributed by atoms with Crippen molar-refractivity contribution >= 4 is 46.0 Å². The number of thioether (sulfide) groups is 2. The minimum atomic E-state index is 0.510. The summed E-state index contributed by atoms with van der Waals surface area (Å²) in [7, 11) is 0. The lowest BCUT2D eigenvalue weighted by Crippen LogP contribution is -1.90. The standard InChI is InChI=1S/C20H16ClN3OS2/c1-26-10-11-27-20-24-23-19(25-20)16-12-18(13-6-8-14(21)9-7-13)22-17-5-3-2-4-15(16)17/h2-9,12H,10-11H2,1H3. The summed E-state index contributed by atoms with van der Waals surface area (Å²) in [6, 6.07) is 17.6. The summed E-state index contributed by atoms with van der Waals surface area (Å²) in [5.74, 6) is 2.49. The van der Waals surface area contributed by atoms with Crippen molar-refractivity contribution in [2.75, 3.05) is 17.8 Å². The maximum absolute atomic E-state index is 6.02. The maximum atomic E-state index is 6.02. The molecule has 0 N–H and O–H groups in total. The van der Waals surface area contributed by atoms with Crippen molar-refractivity contribution in [2.45, 2.75) is 5.22 Å². The summed E-state index contributed by atoms with van der Waals surface area (Å²) in [4.78, 5) is 4.79. The van der Waals surface area contributed by atoms with Crippen LogP contribution in [0, 0.1) is 0 Å². The van der Waals surface area contributed by atoms with Crippen LogP contribution in [-0.4, -0.2) is 32.9 Å². The summed E-state index contributed by atoms with van der Waals surface area (Å²) < 4.78 is 5.92. The molecule has 7 heteroatoms. The second-order valence-corrected chi connectivity index (χ2v) is 8.26. The molecular weight excluding hydrogens is 398 g/mol. The first-order chi connectivity index (χ1) is 13.2. The summed E-state index contributed by atoms with van der Waals surface area (Å²) >= 11 is 9.39. The number of para-hydroxylation sites is 1. The van der Waals surface area contributed by atoms with Gasteiger partial charge in [-0.05, 0) is 30.5 Å². The van der Waals surface area contributed by atoms with Crippen molar-refractivity contribution < 1.29 is 4.42 Å². The Morgan fingerprint density at radius 1 is 1.00 bits per heavy atom. The van der Waals surface area contributed by atoms with E-state index in [1.54, 1.807) is 23.5 Å². The zero-order valence-electron chi connectivity index (χ0n) is 14.6. The van der Waals surface area contributed by atoms with E-state index in [1.165, 1.54) is 0 Å². The number of aromatic nitrogens is 3. The van der Waals surface area contributed by atoms with E-state index in [4.69, 9.17) is 21.0 Å². The third kappa shape index (κ3) is 4.13. The number of hydrogen-bond acceptors (Lipinski definition) is 6. The van der Waals surface area contributed by atoms with Crippen LogP contribution in [0.3, 0.4) is 0 Å². The fourth-order valence-electron chi connectivity index (χ4n) is 2.71. The summed E-state index contributed by atoms with van der Waals surface area (Å²) in [5.41, 5.74) is 3.60. The van der Waals surface area contributed by atoms with E-state index in [0.29, 0.717) is 16.1 Å². The largest absolute Gasteiger partial charge is 0.411 e. The molecular formula is C20H16ClN3OS2. The predicted molar refractivity (Wildman–Crippen MR) is 115 cm³/mol. The number of nitrogens with zero attached hydrogens (tertiary/aromatic N) is 3. The minimum Gasteiger partial charge on any atom is -0.411 e. The first kappa shape index (κ1) is 18.3. The van der Waals surface area contributed by atoms with Crippen molar-refractivity contribution in [3.8, 4) is 22.7 Å². The molecule has 0 saturated carbocycles. The molecule has 4 aromatic rings. The Morgan fingerprint density at radius 3 is 2.63 bits per heavy atom. The van der Waals surface area contributed by atoms with Crippen molar-refractivity contribution in [1.82, 2.24) is 15.2 Å². The first-order valence-electron chi connectivity index (χ1n) is 8.36. The molecule has 27 heavy (non-hydrogen) atoms. The summed E-state index contributed by atoms with van der Waals surface area (Å²) in [6.45, 7) is 0. The van der Waals surface area contributed by atoms with Crippen LogP contribution >= 0.6 is 35.1 Å². The molecule has 0 spiro atoms. The molecule has 0 aliphatic heterocycles. The Labute approximate surface area is 170 Å². The molecule has 2 aromatic heterocycles. The average Bonchev–Trinajstić information content (AvgIpc) is 3.17. The molecule has 0 amide bonds. The molecule has 0 saturated heterocycles. The fourth-order valence-corrected chi connectivity index (χ4v) is 4.25. The van der Waals surface area contributed by atoms with Gasteiger partial charge in [-0.1, -0.05) is 53.7 Å². The van der Waals surface area contributed by atoms with Gasteiger partial charge in [-0.25, -0.2) is 4.98 Å². The quantitative estimate of drug-likeness (QED) is 0.283. The van der Waals surface area contributed by atoms with Crippen molar-refractivity contribution in [3.63, 3.8) is 0 Å². The molecule has 2 heterocycles. The Kier molecular flexibility index (Phi) is 5.66. The number of benzene rings is 2. The van der Waals surface area contributed by atoms with Gasteiger partial charge in [0.25, 0.3) is 5.22 Å². The normalized spacial score (nSPS) is 11.2. The number of hydrogen-bond donors (Lipinski definition) is 0. The Morgan fingerprint density at radius 2 is 1.81 bits per heavy atom. The highest BCUT2D eigenvalue weighted by Crippen LogP contribution is 2.33. The van der Waals surface area contributed by atoms with E-state index in [0.717, 1.165) is 39.2 Å². The topological polar surface area (TPSA) is 51.8 Å². The van der Waals surface area contributed by atoms with Gasteiger partial charge in [0.1, 0.15) is 0 Å². The monoisotopic (exact) mass is 413 g/mol. The van der Waals surface area contributed by atoms with Gasteiger partial charge in [0.15, 0.2) is 0 Å². The lowest BCUT2D eigenvalue weighted by molar-refractivity contribution is 0.466. The van der Waals surface area contributed by atoms with E-state index < -0.39 is 0 Å². The van der Waals surface area contributed by atoms with Gasteiger partial charge in [-0.2, -0.15) is 11.8 Å². The lowest BCUT2D eigenvalue weighted by Gasteiger charge is -2.07. The maximum Gasteiger partial charge on any atom is 0.276 e. The van der Waals surface area contributed by atoms with Crippen LogP contribution in [-0.2, 0) is 0 Å². The fraction of sp³-hybridized carbons (Fsp3) is 0.150. The Hall–Kier alpha value is -2.02. The number of pyridine rings is 1. The average molecular weight is 414 g/mol. The Bertz CT molecular complexity index is 1070. The first-order valence-corrected chi connectivity index (χ1v) is 11.1. The van der Waals surface area contributed by atoms with Crippen molar-refractivity contribution in [2.24, 2.45) is 0 Å². The molecule has 0 aliphatic carbocycles. The molecule has 0 radical (unpaired) electrons. The van der Waals surface area contributed by atoms with E-state index in [1.807, 2.05) is 54.6 Å². The lowest BCUT2D eigenvalue weighted by atomic mass is 10.0. The summed E-state index contributed by atoms with van der Waals surface area (Å²) in [5, 5.41) is 10.7. The van der Waals surface area contributed by atoms with Crippen LogP contribution in [0.4, 0.5) is 0 Å². The van der Waals surface area contributed by atoms with Gasteiger partial charge in [0.2, 0.25) is 5.89 Å². The van der Waals surface area contributed by atoms with Gasteiger partial charge in [0.05, 0.1) is 16.8 Å². The van der Waals surface area contributed by atoms with Gasteiger partial charge in [-0.3, -0.25) is 0 Å². The van der Waals surface area contributed by atoms with Crippen LogP contribution in [0.25, 0.3) is 33.6 Å². The third-order valence-electron chi connectivity index (χ3n) is 4.01. The number of fused-ring (bicyclic) bond motifs is 1. The summed E-state index contributed by atoms with van der Waals surface area (Å²) in [6.07, 6.45) is 2.08. The number of rotatable bonds is 6. The predicted octanol–water partition coefficient (Wildman–Crippen LogP) is 6.06. The molecule has 0 fully saturated rings. The van der Waals surface area contributed by atoms with E-state index >= 15 is 0 Å². The SMILES string of the molecule is CSCCSc1nnc(-c2cc(-c3ccc(Cl)cc3)nc3ccccc23)o1. The van der Waals surface area contributed by atoms with Gasteiger partial charge >= 0.3 is 0 Å². The van der Waals surface area contributed by atoms with Crippen LogP contribution in [0.2, 0.25) is 5.02 Å².